The number of hydrazone groups is 1. The molecule has 1 amide bonds. The molecular formula is C21H16Cl2N2O2. The fourth-order valence-electron chi connectivity index (χ4n) is 2.64. The minimum atomic E-state index is -1.89. The number of carbonyl (C=O) groups excluding carboxylic acids is 1. The molecule has 3 rings (SSSR count). The second-order valence-corrected chi connectivity index (χ2v) is 6.65. The summed E-state index contributed by atoms with van der Waals surface area (Å²) in [6.07, 6.45) is 1.40. The molecule has 0 saturated carbocycles. The number of aliphatic hydroxyl groups is 1. The number of amides is 1. The number of carbonyl (C=O) groups is 1. The van der Waals surface area contributed by atoms with Crippen LogP contribution in [0.4, 0.5) is 0 Å². The van der Waals surface area contributed by atoms with Crippen LogP contribution in [0.5, 0.6) is 0 Å². The first-order chi connectivity index (χ1) is 13.0. The number of rotatable bonds is 5. The molecule has 0 radical (unpaired) electrons. The topological polar surface area (TPSA) is 61.7 Å². The molecule has 3 aromatic rings. The van der Waals surface area contributed by atoms with Crippen molar-refractivity contribution in [3.63, 3.8) is 0 Å². The summed E-state index contributed by atoms with van der Waals surface area (Å²) in [6, 6.07) is 22.3. The van der Waals surface area contributed by atoms with Crippen LogP contribution >= 0.6 is 23.2 Å². The lowest BCUT2D eigenvalue weighted by Crippen LogP contribution is -2.43. The average molecular weight is 399 g/mol. The van der Waals surface area contributed by atoms with Gasteiger partial charge in [0.05, 0.1) is 11.2 Å². The van der Waals surface area contributed by atoms with Gasteiger partial charge in [-0.1, -0.05) is 89.9 Å². The third kappa shape index (κ3) is 4.19. The molecule has 0 atom stereocenters. The number of hydrogen-bond acceptors (Lipinski definition) is 3. The predicted octanol–water partition coefficient (Wildman–Crippen LogP) is 4.38. The van der Waals surface area contributed by atoms with Crippen LogP contribution in [0.3, 0.4) is 0 Å². The molecule has 0 aromatic heterocycles. The van der Waals surface area contributed by atoms with Gasteiger partial charge in [0.15, 0.2) is 5.60 Å². The Morgan fingerprint density at radius 2 is 1.48 bits per heavy atom. The number of benzene rings is 3. The Kier molecular flexibility index (Phi) is 5.91. The molecular weight excluding hydrogens is 383 g/mol. The number of hydrogen-bond donors (Lipinski definition) is 2. The fourth-order valence-corrected chi connectivity index (χ4v) is 3.09. The van der Waals surface area contributed by atoms with Crippen LogP contribution in [0, 0.1) is 0 Å². The highest BCUT2D eigenvalue weighted by atomic mass is 35.5. The first kappa shape index (κ1) is 19.1. The van der Waals surface area contributed by atoms with Gasteiger partial charge in [-0.2, -0.15) is 5.10 Å². The van der Waals surface area contributed by atoms with Crippen LogP contribution in [-0.2, 0) is 10.4 Å². The summed E-state index contributed by atoms with van der Waals surface area (Å²) in [5, 5.41) is 16.1. The third-order valence-electron chi connectivity index (χ3n) is 4.04. The van der Waals surface area contributed by atoms with Crippen molar-refractivity contribution < 1.29 is 9.90 Å². The minimum absolute atomic E-state index is 0.405. The Balaban J connectivity index is 1.89. The van der Waals surface area contributed by atoms with Crippen LogP contribution in [0.2, 0.25) is 10.0 Å². The average Bonchev–Trinajstić information content (AvgIpc) is 2.70. The lowest BCUT2D eigenvalue weighted by atomic mass is 9.85. The summed E-state index contributed by atoms with van der Waals surface area (Å²) < 4.78 is 0. The molecule has 0 heterocycles. The zero-order valence-corrected chi connectivity index (χ0v) is 15.7. The molecule has 0 aliphatic carbocycles. The Morgan fingerprint density at radius 1 is 0.926 bits per heavy atom. The van der Waals surface area contributed by atoms with Crippen molar-refractivity contribution >= 4 is 35.3 Å². The van der Waals surface area contributed by atoms with Gasteiger partial charge in [0.2, 0.25) is 0 Å². The number of nitrogens with zero attached hydrogens (tertiary/aromatic N) is 1. The van der Waals surface area contributed by atoms with Crippen LogP contribution in [0.1, 0.15) is 16.7 Å². The van der Waals surface area contributed by atoms with Crippen LogP contribution < -0.4 is 5.43 Å². The zero-order valence-electron chi connectivity index (χ0n) is 14.1. The molecule has 0 aliphatic heterocycles. The van der Waals surface area contributed by atoms with Gasteiger partial charge in [0.1, 0.15) is 0 Å². The van der Waals surface area contributed by atoms with E-state index in [1.165, 1.54) is 6.21 Å². The molecule has 0 saturated heterocycles. The highest BCUT2D eigenvalue weighted by Crippen LogP contribution is 2.29. The summed E-state index contributed by atoms with van der Waals surface area (Å²) >= 11 is 12.0. The van der Waals surface area contributed by atoms with Gasteiger partial charge in [-0.25, -0.2) is 5.43 Å². The molecule has 4 nitrogen and oxygen atoms in total. The normalized spacial score (nSPS) is 11.5. The van der Waals surface area contributed by atoms with Crippen molar-refractivity contribution in [2.75, 3.05) is 0 Å². The van der Waals surface area contributed by atoms with Gasteiger partial charge in [-0.3, -0.25) is 4.79 Å². The molecule has 6 heteroatoms. The lowest BCUT2D eigenvalue weighted by Gasteiger charge is -2.27. The Morgan fingerprint density at radius 3 is 2.00 bits per heavy atom. The first-order valence-electron chi connectivity index (χ1n) is 8.14. The van der Waals surface area contributed by atoms with Crippen molar-refractivity contribution in [2.45, 2.75) is 5.60 Å². The van der Waals surface area contributed by atoms with E-state index in [1.54, 1.807) is 66.7 Å². The third-order valence-corrected chi connectivity index (χ3v) is 4.61. The standard InChI is InChI=1S/C21H16Cl2N2O2/c22-18-12-11-15(19(23)13-18)14-24-25-20(26)21(27,16-7-3-1-4-8-16)17-9-5-2-6-10-17/h1-14,27H,(H,25,26). The maximum atomic E-state index is 12.9. The van der Waals surface area contributed by atoms with Gasteiger partial charge >= 0.3 is 0 Å². The highest BCUT2D eigenvalue weighted by molar-refractivity contribution is 6.36. The van der Waals surface area contributed by atoms with E-state index in [0.717, 1.165) is 0 Å². The molecule has 2 N–H and O–H groups in total. The van der Waals surface area contributed by atoms with Crippen molar-refractivity contribution in [3.8, 4) is 0 Å². The van der Waals surface area contributed by atoms with E-state index in [4.69, 9.17) is 23.2 Å². The van der Waals surface area contributed by atoms with E-state index in [0.29, 0.717) is 26.7 Å². The quantitative estimate of drug-likeness (QED) is 0.494. The molecule has 136 valence electrons. The first-order valence-corrected chi connectivity index (χ1v) is 8.89. The van der Waals surface area contributed by atoms with Crippen molar-refractivity contribution in [1.82, 2.24) is 5.43 Å². The molecule has 0 fully saturated rings. The summed E-state index contributed by atoms with van der Waals surface area (Å²) in [6.45, 7) is 0. The summed E-state index contributed by atoms with van der Waals surface area (Å²) in [5.41, 5.74) is 1.98. The van der Waals surface area contributed by atoms with E-state index in [9.17, 15) is 9.90 Å². The monoisotopic (exact) mass is 398 g/mol. The molecule has 0 spiro atoms. The maximum absolute atomic E-state index is 12.9. The van der Waals surface area contributed by atoms with E-state index >= 15 is 0 Å². The van der Waals surface area contributed by atoms with Crippen LogP contribution in [-0.4, -0.2) is 17.2 Å². The Hall–Kier alpha value is -2.66. The van der Waals surface area contributed by atoms with E-state index < -0.39 is 11.5 Å². The van der Waals surface area contributed by atoms with Gasteiger partial charge in [-0.15, -0.1) is 0 Å². The lowest BCUT2D eigenvalue weighted by molar-refractivity contribution is -0.136. The SMILES string of the molecule is O=C(NN=Cc1ccc(Cl)cc1Cl)C(O)(c1ccccc1)c1ccccc1. The number of halogens is 2. The Labute approximate surface area is 167 Å². The smallest absolute Gasteiger partial charge is 0.281 e. The van der Waals surface area contributed by atoms with Crippen molar-refractivity contribution in [1.29, 1.82) is 0 Å². The van der Waals surface area contributed by atoms with Crippen molar-refractivity contribution in [3.05, 3.63) is 106 Å². The molecule has 0 aliphatic rings. The summed E-state index contributed by atoms with van der Waals surface area (Å²) in [5.74, 6) is -0.679. The molecule has 3 aromatic carbocycles. The Bertz CT molecular complexity index is 921. The van der Waals surface area contributed by atoms with E-state index in [-0.39, 0.29) is 0 Å². The summed E-state index contributed by atoms with van der Waals surface area (Å²) in [7, 11) is 0. The van der Waals surface area contributed by atoms with Gasteiger partial charge in [0.25, 0.3) is 5.91 Å². The van der Waals surface area contributed by atoms with Gasteiger partial charge in [0, 0.05) is 10.6 Å². The van der Waals surface area contributed by atoms with E-state index in [1.807, 2.05) is 12.1 Å². The maximum Gasteiger partial charge on any atom is 0.281 e. The zero-order chi connectivity index (χ0) is 19.3. The predicted molar refractivity (Wildman–Crippen MR) is 108 cm³/mol. The summed E-state index contributed by atoms with van der Waals surface area (Å²) in [4.78, 5) is 12.9. The van der Waals surface area contributed by atoms with Gasteiger partial charge in [-0.05, 0) is 23.3 Å². The molecule has 0 bridgehead atoms. The van der Waals surface area contributed by atoms with Crippen LogP contribution in [0.25, 0.3) is 0 Å². The van der Waals surface area contributed by atoms with E-state index in [2.05, 4.69) is 10.5 Å². The van der Waals surface area contributed by atoms with Crippen LogP contribution in [0.15, 0.2) is 84.0 Å². The fraction of sp³-hybridized carbons (Fsp3) is 0.0476. The molecule has 27 heavy (non-hydrogen) atoms. The number of nitrogens with one attached hydrogen (secondary N) is 1. The van der Waals surface area contributed by atoms with Gasteiger partial charge < -0.3 is 5.11 Å². The second-order valence-electron chi connectivity index (χ2n) is 5.81. The largest absolute Gasteiger partial charge is 0.372 e. The van der Waals surface area contributed by atoms with Crippen molar-refractivity contribution in [2.24, 2.45) is 5.10 Å². The highest BCUT2D eigenvalue weighted by Gasteiger charge is 2.39. The molecule has 0 unspecified atom stereocenters. The second kappa shape index (κ2) is 8.35. The minimum Gasteiger partial charge on any atom is -0.372 e.